The van der Waals surface area contributed by atoms with Gasteiger partial charge in [0.1, 0.15) is 6.10 Å². The molecule has 0 heterocycles. The van der Waals surface area contributed by atoms with Gasteiger partial charge < -0.3 is 20.1 Å². The van der Waals surface area contributed by atoms with Gasteiger partial charge in [-0.25, -0.2) is 4.57 Å². The number of hydrogen-bond acceptors (Lipinski definition) is 7. The van der Waals surface area contributed by atoms with Gasteiger partial charge in [0.15, 0.2) is 0 Å². The molecule has 3 N–H and O–H groups in total. The summed E-state index contributed by atoms with van der Waals surface area (Å²) in [7, 11) is -4.27. The molecule has 0 aliphatic carbocycles. The third kappa shape index (κ3) is 48.1. The average Bonchev–Trinajstić information content (AvgIpc) is 3.23. The predicted octanol–water partition coefficient (Wildman–Crippen LogP) is 15.8. The Bertz CT molecular complexity index is 920. The van der Waals surface area contributed by atoms with E-state index in [-0.39, 0.29) is 32.3 Å². The highest BCUT2D eigenvalue weighted by Gasteiger charge is 2.25. The lowest BCUT2D eigenvalue weighted by Crippen LogP contribution is -2.28. The molecule has 0 amide bonds. The lowest BCUT2D eigenvalue weighted by Gasteiger charge is -2.20. The SMILES string of the molecule is CCCCCCCCCC/C=C\CCCCCCCCCCCCCCCC(=O)OC(COCCCCCCCCCCCCCCCCC)COP(=O)(O)OCCN. The maximum atomic E-state index is 12.6. The van der Waals surface area contributed by atoms with E-state index in [9.17, 15) is 14.3 Å². The van der Waals surface area contributed by atoms with Crippen molar-refractivity contribution in [3.05, 3.63) is 12.2 Å². The molecule has 0 aromatic rings. The van der Waals surface area contributed by atoms with E-state index in [0.717, 1.165) is 32.1 Å². The molecule has 0 aliphatic heterocycles. The number of nitrogens with two attached hydrogens (primary N) is 1. The zero-order valence-electron chi connectivity index (χ0n) is 39.3. The second-order valence-corrected chi connectivity index (χ2v) is 18.8. The minimum absolute atomic E-state index is 0.0914. The van der Waals surface area contributed by atoms with Gasteiger partial charge in [-0.05, 0) is 38.5 Å². The van der Waals surface area contributed by atoms with Gasteiger partial charge in [-0.3, -0.25) is 13.8 Å². The van der Waals surface area contributed by atoms with Crippen LogP contribution in [0.4, 0.5) is 0 Å². The van der Waals surface area contributed by atoms with Crippen molar-refractivity contribution in [1.82, 2.24) is 0 Å². The fourth-order valence-electron chi connectivity index (χ4n) is 7.64. The molecule has 0 saturated carbocycles. The Hall–Kier alpha value is -0.760. The van der Waals surface area contributed by atoms with Gasteiger partial charge in [0.2, 0.25) is 0 Å². The minimum Gasteiger partial charge on any atom is -0.457 e. The molecule has 0 aromatic heterocycles. The van der Waals surface area contributed by atoms with Crippen LogP contribution in [0.15, 0.2) is 12.2 Å². The quantitative estimate of drug-likeness (QED) is 0.0269. The summed E-state index contributed by atoms with van der Waals surface area (Å²) < 4.78 is 33.6. The molecular weight excluding hydrogens is 758 g/mol. The van der Waals surface area contributed by atoms with Crippen LogP contribution < -0.4 is 5.73 Å². The van der Waals surface area contributed by atoms with Crippen LogP contribution in [-0.4, -0.2) is 49.9 Å². The second kappa shape index (κ2) is 48.3. The summed E-state index contributed by atoms with van der Waals surface area (Å²) in [5.41, 5.74) is 5.39. The molecule has 59 heavy (non-hydrogen) atoms. The summed E-state index contributed by atoms with van der Waals surface area (Å²) in [5.74, 6) is -0.324. The molecule has 8 nitrogen and oxygen atoms in total. The fourth-order valence-corrected chi connectivity index (χ4v) is 8.41. The fraction of sp³-hybridized carbons (Fsp3) is 0.940. The number of phosphoric acid groups is 1. The Morgan fingerprint density at radius 1 is 0.492 bits per heavy atom. The van der Waals surface area contributed by atoms with Crippen LogP contribution in [0, 0.1) is 0 Å². The molecule has 352 valence electrons. The summed E-state index contributed by atoms with van der Waals surface area (Å²) in [6.07, 6.45) is 53.9. The number of carbonyl (C=O) groups is 1. The smallest absolute Gasteiger partial charge is 0.457 e. The van der Waals surface area contributed by atoms with E-state index >= 15 is 0 Å². The van der Waals surface area contributed by atoms with Crippen LogP contribution in [0.3, 0.4) is 0 Å². The molecule has 0 rings (SSSR count). The van der Waals surface area contributed by atoms with Crippen LogP contribution in [0.25, 0.3) is 0 Å². The van der Waals surface area contributed by atoms with E-state index < -0.39 is 13.9 Å². The van der Waals surface area contributed by atoms with Crippen molar-refractivity contribution >= 4 is 13.8 Å². The molecule has 2 atom stereocenters. The molecular formula is C50H100NO7P. The van der Waals surface area contributed by atoms with Crippen molar-refractivity contribution in [3.8, 4) is 0 Å². The number of allylic oxidation sites excluding steroid dienone is 2. The maximum Gasteiger partial charge on any atom is 0.472 e. The number of esters is 1. The molecule has 0 aliphatic rings. The van der Waals surface area contributed by atoms with Gasteiger partial charge in [0, 0.05) is 19.6 Å². The van der Waals surface area contributed by atoms with Crippen molar-refractivity contribution in [3.63, 3.8) is 0 Å². The first-order valence-electron chi connectivity index (χ1n) is 25.7. The highest BCUT2D eigenvalue weighted by Crippen LogP contribution is 2.43. The third-order valence-corrected chi connectivity index (χ3v) is 12.4. The van der Waals surface area contributed by atoms with Gasteiger partial charge in [-0.15, -0.1) is 0 Å². The molecule has 0 fully saturated rings. The van der Waals surface area contributed by atoms with Gasteiger partial charge in [-0.1, -0.05) is 231 Å². The number of hydrogen-bond donors (Lipinski definition) is 2. The molecule has 0 aromatic carbocycles. The van der Waals surface area contributed by atoms with Crippen molar-refractivity contribution in [1.29, 1.82) is 0 Å². The van der Waals surface area contributed by atoms with E-state index in [2.05, 4.69) is 26.0 Å². The topological polar surface area (TPSA) is 117 Å². The highest BCUT2D eigenvalue weighted by atomic mass is 31.2. The van der Waals surface area contributed by atoms with E-state index in [0.29, 0.717) is 13.0 Å². The van der Waals surface area contributed by atoms with Gasteiger partial charge in [-0.2, -0.15) is 0 Å². The van der Waals surface area contributed by atoms with E-state index in [1.54, 1.807) is 0 Å². The summed E-state index contributed by atoms with van der Waals surface area (Å²) >= 11 is 0. The van der Waals surface area contributed by atoms with Gasteiger partial charge in [0.05, 0.1) is 19.8 Å². The lowest BCUT2D eigenvalue weighted by atomic mass is 10.0. The molecule has 0 radical (unpaired) electrons. The maximum absolute atomic E-state index is 12.6. The Kier molecular flexibility index (Phi) is 47.7. The number of rotatable bonds is 50. The summed E-state index contributed by atoms with van der Waals surface area (Å²) in [5, 5.41) is 0. The number of phosphoric ester groups is 1. The first-order chi connectivity index (χ1) is 28.9. The standard InChI is InChI=1S/C50H100NO7P/c1-3-5-7-9-11-13-15-17-19-20-21-22-23-24-25-26-27-28-29-31-33-35-37-39-41-43-50(52)58-49(48-57-59(53,54)56-46-44-51)47-55-45-42-40-38-36-34-32-30-18-16-14-12-10-8-6-4-2/h20-21,49H,3-19,22-48,51H2,1-2H3,(H,53,54)/b21-20-. The molecule has 2 unspecified atom stereocenters. The molecule has 0 spiro atoms. The Labute approximate surface area is 366 Å². The van der Waals surface area contributed by atoms with Gasteiger partial charge in [0.25, 0.3) is 0 Å². The lowest BCUT2D eigenvalue weighted by molar-refractivity contribution is -0.154. The first-order valence-corrected chi connectivity index (χ1v) is 27.2. The second-order valence-electron chi connectivity index (χ2n) is 17.4. The van der Waals surface area contributed by atoms with E-state index in [1.165, 1.54) is 212 Å². The summed E-state index contributed by atoms with van der Waals surface area (Å²) in [4.78, 5) is 22.6. The van der Waals surface area contributed by atoms with E-state index in [1.807, 2.05) is 0 Å². The third-order valence-electron chi connectivity index (χ3n) is 11.4. The molecule has 0 bridgehead atoms. The normalized spacial score (nSPS) is 13.4. The number of carbonyl (C=O) groups excluding carboxylic acids is 1. The Balaban J connectivity index is 3.86. The average molecular weight is 858 g/mol. The molecule has 9 heteroatoms. The Morgan fingerprint density at radius 2 is 0.847 bits per heavy atom. The van der Waals surface area contributed by atoms with Gasteiger partial charge >= 0.3 is 13.8 Å². The summed E-state index contributed by atoms with van der Waals surface area (Å²) in [6.45, 7) is 4.99. The molecule has 0 saturated heterocycles. The van der Waals surface area contributed by atoms with Crippen LogP contribution in [0.5, 0.6) is 0 Å². The summed E-state index contributed by atoms with van der Waals surface area (Å²) in [6, 6.07) is 0. The van der Waals surface area contributed by atoms with Crippen LogP contribution in [0.1, 0.15) is 264 Å². The minimum atomic E-state index is -4.27. The predicted molar refractivity (Wildman–Crippen MR) is 252 cm³/mol. The van der Waals surface area contributed by atoms with Crippen molar-refractivity contribution in [2.24, 2.45) is 5.73 Å². The van der Waals surface area contributed by atoms with Crippen LogP contribution >= 0.6 is 7.82 Å². The monoisotopic (exact) mass is 858 g/mol. The van der Waals surface area contributed by atoms with E-state index in [4.69, 9.17) is 24.3 Å². The van der Waals surface area contributed by atoms with Crippen LogP contribution in [0.2, 0.25) is 0 Å². The number of ether oxygens (including phenoxy) is 2. The number of unbranched alkanes of at least 4 members (excludes halogenated alkanes) is 35. The first kappa shape index (κ1) is 58.2. The van der Waals surface area contributed by atoms with Crippen molar-refractivity contribution in [2.45, 2.75) is 270 Å². The van der Waals surface area contributed by atoms with Crippen LogP contribution in [-0.2, 0) is 27.9 Å². The zero-order valence-corrected chi connectivity index (χ0v) is 40.2. The zero-order chi connectivity index (χ0) is 43.0. The Morgan fingerprint density at radius 3 is 1.24 bits per heavy atom. The highest BCUT2D eigenvalue weighted by molar-refractivity contribution is 7.47. The van der Waals surface area contributed by atoms with Crippen molar-refractivity contribution < 1.29 is 32.8 Å². The largest absolute Gasteiger partial charge is 0.472 e. The van der Waals surface area contributed by atoms with Crippen molar-refractivity contribution in [2.75, 3.05) is 33.0 Å².